The van der Waals surface area contributed by atoms with E-state index < -0.39 is 12.4 Å². The molecular weight excluding hydrogens is 372 g/mol. The molecule has 0 spiro atoms. The SMILES string of the molecule is N#CCC(=O)O.Nc1cc(=O)n(CC2CCCCC2)c(=O)n1CC1CCCCC1. The fourth-order valence-electron chi connectivity index (χ4n) is 4.31. The number of anilines is 1. The van der Waals surface area contributed by atoms with Crippen LogP contribution in [0.3, 0.4) is 0 Å². The number of nitrogen functional groups attached to an aromatic ring is 1. The Bertz CT molecular complexity index is 825. The number of carboxylic acid groups (broad SMARTS) is 1. The number of nitrogens with zero attached hydrogens (tertiary/aromatic N) is 3. The Morgan fingerprint density at radius 1 is 1.00 bits per heavy atom. The number of rotatable bonds is 5. The van der Waals surface area contributed by atoms with Gasteiger partial charge in [-0.2, -0.15) is 5.26 Å². The van der Waals surface area contributed by atoms with Crippen LogP contribution < -0.4 is 17.0 Å². The van der Waals surface area contributed by atoms with Crippen molar-refractivity contribution in [2.45, 2.75) is 83.7 Å². The van der Waals surface area contributed by atoms with E-state index >= 15 is 0 Å². The Morgan fingerprint density at radius 2 is 1.48 bits per heavy atom. The van der Waals surface area contributed by atoms with Crippen molar-refractivity contribution < 1.29 is 9.90 Å². The van der Waals surface area contributed by atoms with Gasteiger partial charge in [-0.3, -0.25) is 18.7 Å². The van der Waals surface area contributed by atoms with Crippen LogP contribution >= 0.6 is 0 Å². The number of carboxylic acids is 1. The summed E-state index contributed by atoms with van der Waals surface area (Å²) < 4.78 is 3.06. The first-order valence-corrected chi connectivity index (χ1v) is 10.6. The predicted molar refractivity (Wildman–Crippen MR) is 110 cm³/mol. The van der Waals surface area contributed by atoms with Crippen LogP contribution in [0.1, 0.15) is 70.6 Å². The zero-order valence-corrected chi connectivity index (χ0v) is 17.0. The number of hydrogen-bond acceptors (Lipinski definition) is 5. The number of nitriles is 1. The van der Waals surface area contributed by atoms with Gasteiger partial charge in [0.05, 0.1) is 6.07 Å². The van der Waals surface area contributed by atoms with E-state index in [0.717, 1.165) is 25.7 Å². The maximum atomic E-state index is 12.8. The van der Waals surface area contributed by atoms with Crippen LogP contribution in [0, 0.1) is 23.2 Å². The standard InChI is InChI=1S/C18H29N3O2.C3H3NO2/c19-16-11-17(22)21(13-15-9-5-2-6-10-15)18(23)20(16)12-14-7-3-1-4-8-14;4-2-1-3(5)6/h11,14-15H,1-10,12-13,19H2;1H2,(H,5,6). The van der Waals surface area contributed by atoms with Crippen molar-refractivity contribution in [3.8, 4) is 6.07 Å². The fourth-order valence-corrected chi connectivity index (χ4v) is 4.31. The Kier molecular flexibility index (Phi) is 8.97. The van der Waals surface area contributed by atoms with Crippen molar-refractivity contribution in [2.75, 3.05) is 5.73 Å². The molecule has 2 saturated carbocycles. The van der Waals surface area contributed by atoms with E-state index in [1.165, 1.54) is 55.2 Å². The molecule has 3 rings (SSSR count). The minimum Gasteiger partial charge on any atom is -0.480 e. The summed E-state index contributed by atoms with van der Waals surface area (Å²) in [7, 11) is 0. The van der Waals surface area contributed by atoms with Crippen molar-refractivity contribution >= 4 is 11.8 Å². The molecule has 0 bridgehead atoms. The Balaban J connectivity index is 0.000000438. The lowest BCUT2D eigenvalue weighted by Crippen LogP contribution is -2.43. The molecule has 0 atom stereocenters. The molecule has 2 fully saturated rings. The molecule has 0 aromatic carbocycles. The minimum absolute atomic E-state index is 0.203. The molecule has 2 aliphatic rings. The normalized spacial score (nSPS) is 17.8. The zero-order chi connectivity index (χ0) is 21.2. The highest BCUT2D eigenvalue weighted by atomic mass is 16.4. The molecule has 160 valence electrons. The molecule has 3 N–H and O–H groups in total. The molecule has 0 radical (unpaired) electrons. The summed E-state index contributed by atoms with van der Waals surface area (Å²) >= 11 is 0. The smallest absolute Gasteiger partial charge is 0.332 e. The van der Waals surface area contributed by atoms with Gasteiger partial charge in [-0.25, -0.2) is 4.79 Å². The zero-order valence-electron chi connectivity index (χ0n) is 17.0. The summed E-state index contributed by atoms with van der Waals surface area (Å²) in [6.07, 6.45) is 11.6. The van der Waals surface area contributed by atoms with Gasteiger partial charge >= 0.3 is 11.7 Å². The quantitative estimate of drug-likeness (QED) is 0.776. The van der Waals surface area contributed by atoms with E-state index in [4.69, 9.17) is 16.1 Å². The lowest BCUT2D eigenvalue weighted by Gasteiger charge is -2.25. The molecule has 8 nitrogen and oxygen atoms in total. The van der Waals surface area contributed by atoms with Crippen molar-refractivity contribution in [1.29, 1.82) is 5.26 Å². The van der Waals surface area contributed by atoms with E-state index in [-0.39, 0.29) is 11.2 Å². The molecule has 0 amide bonds. The number of carbonyl (C=O) groups is 1. The molecular formula is C21H32N4O4. The highest BCUT2D eigenvalue weighted by Gasteiger charge is 2.20. The van der Waals surface area contributed by atoms with Crippen LogP contribution in [0.2, 0.25) is 0 Å². The fraction of sp³-hybridized carbons (Fsp3) is 0.714. The molecule has 2 aliphatic carbocycles. The highest BCUT2D eigenvalue weighted by Crippen LogP contribution is 2.26. The van der Waals surface area contributed by atoms with Crippen molar-refractivity contribution in [1.82, 2.24) is 9.13 Å². The number of hydrogen-bond donors (Lipinski definition) is 2. The van der Waals surface area contributed by atoms with Crippen molar-refractivity contribution in [3.63, 3.8) is 0 Å². The first-order valence-electron chi connectivity index (χ1n) is 10.6. The van der Waals surface area contributed by atoms with Crippen LogP contribution in [0.4, 0.5) is 5.82 Å². The second kappa shape index (κ2) is 11.4. The number of aromatic nitrogens is 2. The van der Waals surface area contributed by atoms with Gasteiger partial charge in [0, 0.05) is 19.2 Å². The maximum absolute atomic E-state index is 12.8. The van der Waals surface area contributed by atoms with E-state index in [1.807, 2.05) is 0 Å². The van der Waals surface area contributed by atoms with E-state index in [9.17, 15) is 14.4 Å². The molecule has 29 heavy (non-hydrogen) atoms. The molecule has 0 unspecified atom stereocenters. The van der Waals surface area contributed by atoms with Crippen LogP contribution in [0.25, 0.3) is 0 Å². The van der Waals surface area contributed by atoms with Gasteiger partial charge < -0.3 is 10.8 Å². The third kappa shape index (κ3) is 7.08. The Labute approximate surface area is 171 Å². The van der Waals surface area contributed by atoms with E-state index in [2.05, 4.69) is 0 Å². The third-order valence-corrected chi connectivity index (χ3v) is 5.87. The van der Waals surface area contributed by atoms with Crippen molar-refractivity contribution in [3.05, 3.63) is 26.9 Å². The summed E-state index contributed by atoms with van der Waals surface area (Å²) in [6, 6.07) is 2.91. The van der Waals surface area contributed by atoms with Gasteiger partial charge in [0.25, 0.3) is 5.56 Å². The summed E-state index contributed by atoms with van der Waals surface area (Å²) in [4.78, 5) is 34.4. The summed E-state index contributed by atoms with van der Waals surface area (Å²) in [5.74, 6) is 0.230. The van der Waals surface area contributed by atoms with Crippen molar-refractivity contribution in [2.24, 2.45) is 11.8 Å². The largest absolute Gasteiger partial charge is 0.480 e. The average molecular weight is 405 g/mol. The molecule has 1 aromatic rings. The van der Waals surface area contributed by atoms with Gasteiger partial charge in [-0.15, -0.1) is 0 Å². The Morgan fingerprint density at radius 3 is 1.90 bits per heavy atom. The lowest BCUT2D eigenvalue weighted by atomic mass is 9.89. The third-order valence-electron chi connectivity index (χ3n) is 5.87. The summed E-state index contributed by atoms with van der Waals surface area (Å²) in [6.45, 7) is 1.22. The van der Waals surface area contributed by atoms with Crippen LogP contribution in [0.5, 0.6) is 0 Å². The predicted octanol–water partition coefficient (Wildman–Crippen LogP) is 2.74. The summed E-state index contributed by atoms with van der Waals surface area (Å²) in [5.41, 5.74) is 5.55. The van der Waals surface area contributed by atoms with Gasteiger partial charge in [0.1, 0.15) is 12.2 Å². The number of nitrogens with two attached hydrogens (primary N) is 1. The van der Waals surface area contributed by atoms with Gasteiger partial charge in [0.2, 0.25) is 0 Å². The summed E-state index contributed by atoms with van der Waals surface area (Å²) in [5, 5.41) is 15.3. The Hall–Kier alpha value is -2.56. The molecule has 1 aromatic heterocycles. The molecule has 8 heteroatoms. The van der Waals surface area contributed by atoms with Crippen LogP contribution in [0.15, 0.2) is 15.7 Å². The maximum Gasteiger partial charge on any atom is 0.332 e. The number of aliphatic carboxylic acids is 1. The molecule has 0 aliphatic heterocycles. The average Bonchev–Trinajstić information content (AvgIpc) is 2.70. The first-order chi connectivity index (χ1) is 13.9. The van der Waals surface area contributed by atoms with Crippen LogP contribution in [-0.4, -0.2) is 20.2 Å². The highest BCUT2D eigenvalue weighted by molar-refractivity contribution is 5.69. The topological polar surface area (TPSA) is 131 Å². The molecule has 1 heterocycles. The minimum atomic E-state index is -1.07. The monoisotopic (exact) mass is 404 g/mol. The van der Waals surface area contributed by atoms with Crippen LogP contribution in [-0.2, 0) is 17.9 Å². The van der Waals surface area contributed by atoms with E-state index in [0.29, 0.717) is 30.7 Å². The van der Waals surface area contributed by atoms with Gasteiger partial charge in [-0.1, -0.05) is 38.5 Å². The van der Waals surface area contributed by atoms with Gasteiger partial charge in [0.15, 0.2) is 0 Å². The van der Waals surface area contributed by atoms with Gasteiger partial charge in [-0.05, 0) is 37.5 Å². The second-order valence-electron chi connectivity index (χ2n) is 8.15. The molecule has 0 saturated heterocycles. The lowest BCUT2D eigenvalue weighted by molar-refractivity contribution is -0.135. The second-order valence-corrected chi connectivity index (χ2v) is 8.15. The first kappa shape index (κ1) is 22.7. The van der Waals surface area contributed by atoms with E-state index in [1.54, 1.807) is 4.57 Å².